The van der Waals surface area contributed by atoms with E-state index in [9.17, 15) is 13.2 Å². The number of anilines is 1. The first-order chi connectivity index (χ1) is 13.8. The fraction of sp³-hybridized carbons (Fsp3) is 0.190. The average molecular weight is 414 g/mol. The number of benzene rings is 2. The number of hydrogen-bond acceptors (Lipinski definition) is 5. The molecule has 152 valence electrons. The molecule has 1 heterocycles. The molecule has 0 atom stereocenters. The number of amides is 1. The van der Waals surface area contributed by atoms with Gasteiger partial charge in [0, 0.05) is 12.6 Å². The summed E-state index contributed by atoms with van der Waals surface area (Å²) in [4.78, 5) is 14.3. The van der Waals surface area contributed by atoms with Crippen molar-refractivity contribution < 1.29 is 22.4 Å². The molecule has 0 aliphatic heterocycles. The summed E-state index contributed by atoms with van der Waals surface area (Å²) in [5, 5.41) is 0. The van der Waals surface area contributed by atoms with Crippen molar-refractivity contribution in [2.24, 2.45) is 0 Å². The van der Waals surface area contributed by atoms with Crippen LogP contribution in [0.5, 0.6) is 5.75 Å². The molecule has 0 fully saturated rings. The Balaban J connectivity index is 1.88. The van der Waals surface area contributed by atoms with Crippen LogP contribution < -0.4 is 9.46 Å². The third kappa shape index (κ3) is 4.60. The van der Waals surface area contributed by atoms with Gasteiger partial charge in [-0.25, -0.2) is 8.42 Å². The quantitative estimate of drug-likeness (QED) is 0.637. The molecule has 2 aromatic carbocycles. The average Bonchev–Trinajstić information content (AvgIpc) is 3.20. The number of ether oxygens (including phenoxy) is 1. The first kappa shape index (κ1) is 20.5. The molecule has 0 bridgehead atoms. The summed E-state index contributed by atoms with van der Waals surface area (Å²) in [6, 6.07) is 14.8. The van der Waals surface area contributed by atoms with Crippen molar-refractivity contribution in [3.63, 3.8) is 0 Å². The second-order valence-electron chi connectivity index (χ2n) is 6.53. The Kier molecular flexibility index (Phi) is 5.93. The molecule has 0 aliphatic carbocycles. The fourth-order valence-electron chi connectivity index (χ4n) is 2.88. The van der Waals surface area contributed by atoms with Crippen LogP contribution in [0.25, 0.3) is 0 Å². The van der Waals surface area contributed by atoms with Crippen molar-refractivity contribution in [2.75, 3.05) is 18.9 Å². The minimum atomic E-state index is -3.93. The van der Waals surface area contributed by atoms with Gasteiger partial charge in [-0.1, -0.05) is 18.2 Å². The lowest BCUT2D eigenvalue weighted by Crippen LogP contribution is -2.26. The zero-order valence-corrected chi connectivity index (χ0v) is 17.2. The summed E-state index contributed by atoms with van der Waals surface area (Å²) in [7, 11) is -0.832. The van der Waals surface area contributed by atoms with E-state index in [1.807, 2.05) is 0 Å². The van der Waals surface area contributed by atoms with Crippen molar-refractivity contribution in [1.29, 1.82) is 0 Å². The predicted molar refractivity (Wildman–Crippen MR) is 109 cm³/mol. The highest BCUT2D eigenvalue weighted by Crippen LogP contribution is 2.27. The number of para-hydroxylation sites is 2. The van der Waals surface area contributed by atoms with Crippen LogP contribution in [0, 0.1) is 6.92 Å². The zero-order chi connectivity index (χ0) is 21.0. The van der Waals surface area contributed by atoms with Crippen LogP contribution in [0.3, 0.4) is 0 Å². The lowest BCUT2D eigenvalue weighted by molar-refractivity contribution is 0.0775. The van der Waals surface area contributed by atoms with Gasteiger partial charge in [-0.15, -0.1) is 0 Å². The molecular formula is C21H22N2O5S. The van der Waals surface area contributed by atoms with Gasteiger partial charge in [0.15, 0.2) is 0 Å². The maximum absolute atomic E-state index is 13.0. The van der Waals surface area contributed by atoms with Gasteiger partial charge in [-0.3, -0.25) is 9.52 Å². The van der Waals surface area contributed by atoms with E-state index in [0.29, 0.717) is 22.8 Å². The number of nitrogens with one attached hydrogen (secondary N) is 1. The molecule has 1 amide bonds. The van der Waals surface area contributed by atoms with Gasteiger partial charge < -0.3 is 14.1 Å². The molecular weight excluding hydrogens is 392 g/mol. The second-order valence-corrected chi connectivity index (χ2v) is 8.18. The Morgan fingerprint density at radius 3 is 2.59 bits per heavy atom. The second kappa shape index (κ2) is 8.40. The maximum atomic E-state index is 13.0. The molecule has 0 unspecified atom stereocenters. The molecule has 0 spiro atoms. The topological polar surface area (TPSA) is 88.8 Å². The lowest BCUT2D eigenvalue weighted by Gasteiger charge is -2.17. The Morgan fingerprint density at radius 2 is 1.90 bits per heavy atom. The molecule has 8 heteroatoms. The summed E-state index contributed by atoms with van der Waals surface area (Å²) in [6.07, 6.45) is 1.54. The summed E-state index contributed by atoms with van der Waals surface area (Å²) >= 11 is 0. The standard InChI is InChI=1S/C21H22N2O5S/c1-15-10-11-16(21(24)23(2)14-17-7-6-12-28-17)13-20(15)29(25,26)22-18-8-4-5-9-19(18)27-3/h4-13,22H,14H2,1-3H3. The van der Waals surface area contributed by atoms with E-state index in [0.717, 1.165) is 0 Å². The normalized spacial score (nSPS) is 11.1. The predicted octanol–water partition coefficient (Wildman–Crippen LogP) is 3.67. The molecule has 3 aromatic rings. The van der Waals surface area contributed by atoms with Crippen LogP contribution >= 0.6 is 0 Å². The van der Waals surface area contributed by atoms with Gasteiger partial charge in [0.25, 0.3) is 15.9 Å². The number of aryl methyl sites for hydroxylation is 1. The molecule has 0 saturated heterocycles. The van der Waals surface area contributed by atoms with E-state index in [2.05, 4.69) is 4.72 Å². The monoisotopic (exact) mass is 414 g/mol. The van der Waals surface area contributed by atoms with Crippen LogP contribution in [-0.2, 0) is 16.6 Å². The summed E-state index contributed by atoms with van der Waals surface area (Å²) in [6.45, 7) is 1.96. The number of nitrogens with zero attached hydrogens (tertiary/aromatic N) is 1. The first-order valence-corrected chi connectivity index (χ1v) is 10.3. The minimum absolute atomic E-state index is 0.0284. The molecule has 7 nitrogen and oxygen atoms in total. The summed E-state index contributed by atoms with van der Waals surface area (Å²) in [5.74, 6) is 0.730. The molecule has 1 aromatic heterocycles. The van der Waals surface area contributed by atoms with Crippen LogP contribution in [0.15, 0.2) is 70.2 Å². The number of furan rings is 1. The van der Waals surface area contributed by atoms with Gasteiger partial charge in [-0.2, -0.15) is 0 Å². The van der Waals surface area contributed by atoms with Crippen molar-refractivity contribution in [3.05, 3.63) is 77.7 Å². The van der Waals surface area contributed by atoms with Gasteiger partial charge >= 0.3 is 0 Å². The summed E-state index contributed by atoms with van der Waals surface area (Å²) < 4.78 is 39.0. The number of carbonyl (C=O) groups excluding carboxylic acids is 1. The number of rotatable bonds is 7. The van der Waals surface area contributed by atoms with Gasteiger partial charge in [0.05, 0.1) is 30.5 Å². The highest BCUT2D eigenvalue weighted by Gasteiger charge is 2.22. The lowest BCUT2D eigenvalue weighted by atomic mass is 10.1. The van der Waals surface area contributed by atoms with E-state index >= 15 is 0 Å². The van der Waals surface area contributed by atoms with Crippen molar-refractivity contribution in [1.82, 2.24) is 4.90 Å². The van der Waals surface area contributed by atoms with Gasteiger partial charge in [0.1, 0.15) is 11.5 Å². The third-order valence-electron chi connectivity index (χ3n) is 4.40. The Hall–Kier alpha value is -3.26. The van der Waals surface area contributed by atoms with Crippen LogP contribution in [0.2, 0.25) is 0 Å². The third-order valence-corrected chi connectivity index (χ3v) is 5.90. The van der Waals surface area contributed by atoms with E-state index in [1.165, 1.54) is 24.3 Å². The molecule has 29 heavy (non-hydrogen) atoms. The molecule has 0 radical (unpaired) electrons. The number of sulfonamides is 1. The number of carbonyl (C=O) groups is 1. The van der Waals surface area contributed by atoms with Gasteiger partial charge in [0.2, 0.25) is 0 Å². The summed E-state index contributed by atoms with van der Waals surface area (Å²) in [5.41, 5.74) is 1.11. The molecule has 0 saturated carbocycles. The number of hydrogen-bond donors (Lipinski definition) is 1. The van der Waals surface area contributed by atoms with E-state index < -0.39 is 10.0 Å². The van der Waals surface area contributed by atoms with Crippen molar-refractivity contribution >= 4 is 21.6 Å². The van der Waals surface area contributed by atoms with Crippen LogP contribution in [0.1, 0.15) is 21.7 Å². The van der Waals surface area contributed by atoms with Crippen LogP contribution in [0.4, 0.5) is 5.69 Å². The SMILES string of the molecule is COc1ccccc1NS(=O)(=O)c1cc(C(=O)N(C)Cc2ccco2)ccc1C. The van der Waals surface area contributed by atoms with Gasteiger partial charge in [-0.05, 0) is 48.9 Å². The minimum Gasteiger partial charge on any atom is -0.495 e. The molecule has 1 N–H and O–H groups in total. The number of methoxy groups -OCH3 is 1. The fourth-order valence-corrected chi connectivity index (χ4v) is 4.22. The highest BCUT2D eigenvalue weighted by atomic mass is 32.2. The zero-order valence-electron chi connectivity index (χ0n) is 16.4. The highest BCUT2D eigenvalue weighted by molar-refractivity contribution is 7.92. The van der Waals surface area contributed by atoms with Crippen molar-refractivity contribution in [3.8, 4) is 5.75 Å². The molecule has 3 rings (SSSR count). The van der Waals surface area contributed by atoms with Crippen LogP contribution in [-0.4, -0.2) is 33.4 Å². The van der Waals surface area contributed by atoms with E-state index in [1.54, 1.807) is 62.5 Å². The molecule has 0 aliphatic rings. The Labute approximate surface area is 170 Å². The van der Waals surface area contributed by atoms with E-state index in [4.69, 9.17) is 9.15 Å². The van der Waals surface area contributed by atoms with E-state index in [-0.39, 0.29) is 22.9 Å². The maximum Gasteiger partial charge on any atom is 0.262 e. The Morgan fingerprint density at radius 1 is 1.14 bits per heavy atom. The van der Waals surface area contributed by atoms with Crippen molar-refractivity contribution in [2.45, 2.75) is 18.4 Å². The first-order valence-electron chi connectivity index (χ1n) is 8.86. The Bertz CT molecular complexity index is 1110. The largest absolute Gasteiger partial charge is 0.495 e. The smallest absolute Gasteiger partial charge is 0.262 e.